The molecule has 0 atom stereocenters. The molecular weight excluding hydrogens is 953 g/mol. The van der Waals surface area contributed by atoms with E-state index in [2.05, 4.69) is 133 Å². The van der Waals surface area contributed by atoms with Gasteiger partial charge in [0.15, 0.2) is 5.75 Å². The fourth-order valence-corrected chi connectivity index (χ4v) is 7.75. The fourth-order valence-electron chi connectivity index (χ4n) is 7.75. The van der Waals surface area contributed by atoms with Crippen molar-refractivity contribution in [1.29, 1.82) is 0 Å². The number of rotatable bonds is 8. The molecular formula is C58H60N4OW. The first-order chi connectivity index (χ1) is 30.8. The Balaban J connectivity index is 0.000000241. The molecule has 1 fully saturated rings. The molecule has 0 spiro atoms. The second-order valence-electron chi connectivity index (χ2n) is 16.4. The summed E-state index contributed by atoms with van der Waals surface area (Å²) in [6.07, 6.45) is 9.75. The number of para-hydroxylation sites is 2. The Morgan fingerprint density at radius 3 is 0.953 bits per heavy atom. The Hall–Kier alpha value is -6.55. The zero-order valence-electron chi connectivity index (χ0n) is 37.4. The number of nitrogens with zero attached hydrogens (tertiary/aromatic N) is 2. The van der Waals surface area contributed by atoms with E-state index in [1.807, 2.05) is 116 Å². The first-order valence-electron chi connectivity index (χ1n) is 22.3. The molecule has 3 heterocycles. The summed E-state index contributed by atoms with van der Waals surface area (Å²) in [6, 6.07) is 66.0. The van der Waals surface area contributed by atoms with Crippen LogP contribution in [0.5, 0.6) is 5.75 Å². The normalized spacial score (nSPS) is 11.5. The minimum atomic E-state index is 0. The Morgan fingerprint density at radius 1 is 0.406 bits per heavy atom. The number of hydrogen-bond acceptors (Lipinski definition) is 2. The average molecular weight is 1010 g/mol. The standard InChI is InChI=1S/C38H28N2O.C12H19N.C4H5N.C4H8.W/c41-38-36(39-32(28-14-5-1-6-15-28)24-25-33(39)29-16-7-2-8-17-29)22-13-23-37(38)40-34(30-18-9-3-10-19-30)26-27-35(40)31-20-11-4-12-21-31;1-8(2)10-6-5-7-11(9(3)4)12(10)13;1-2-4-5-3-1;1-2-4-3-1;/h1-27,41H;5-9H,13H2,1-4H3;1-5H;1-4H2;. The van der Waals surface area contributed by atoms with Gasteiger partial charge in [-0.15, -0.1) is 0 Å². The van der Waals surface area contributed by atoms with Crippen molar-refractivity contribution in [3.05, 3.63) is 218 Å². The molecule has 324 valence electrons. The first kappa shape index (κ1) is 46.9. The molecule has 6 aromatic carbocycles. The topological polar surface area (TPSA) is 71.9 Å². The van der Waals surface area contributed by atoms with Crippen LogP contribution >= 0.6 is 0 Å². The summed E-state index contributed by atoms with van der Waals surface area (Å²) >= 11 is 0. The van der Waals surface area contributed by atoms with Gasteiger partial charge in [-0.3, -0.25) is 0 Å². The number of aromatic nitrogens is 3. The number of hydrogen-bond donors (Lipinski definition) is 3. The smallest absolute Gasteiger partial charge is 0.163 e. The van der Waals surface area contributed by atoms with Gasteiger partial charge in [0.25, 0.3) is 0 Å². The van der Waals surface area contributed by atoms with Crippen LogP contribution in [0.1, 0.15) is 76.3 Å². The van der Waals surface area contributed by atoms with E-state index in [0.717, 1.165) is 62.1 Å². The number of nitrogens with one attached hydrogen (secondary N) is 1. The predicted octanol–water partition coefficient (Wildman–Crippen LogP) is 15.7. The van der Waals surface area contributed by atoms with E-state index in [9.17, 15) is 5.11 Å². The van der Waals surface area contributed by atoms with Gasteiger partial charge in [0.2, 0.25) is 0 Å². The molecule has 0 unspecified atom stereocenters. The molecule has 1 aliphatic carbocycles. The van der Waals surface area contributed by atoms with Crippen LogP contribution in [0, 0.1) is 0 Å². The summed E-state index contributed by atoms with van der Waals surface area (Å²) in [7, 11) is 0. The number of nitrogens with two attached hydrogens (primary N) is 1. The Morgan fingerprint density at radius 2 is 0.703 bits per heavy atom. The monoisotopic (exact) mass is 1010 g/mol. The maximum absolute atomic E-state index is 12.2. The zero-order chi connectivity index (χ0) is 44.0. The molecule has 0 bridgehead atoms. The van der Waals surface area contributed by atoms with Gasteiger partial charge in [0.05, 0.1) is 34.2 Å². The van der Waals surface area contributed by atoms with Crippen LogP contribution < -0.4 is 5.73 Å². The molecule has 9 aromatic rings. The predicted molar refractivity (Wildman–Crippen MR) is 267 cm³/mol. The molecule has 10 rings (SSSR count). The molecule has 1 aliphatic rings. The van der Waals surface area contributed by atoms with Gasteiger partial charge < -0.3 is 25.0 Å². The van der Waals surface area contributed by atoms with Crippen molar-refractivity contribution in [3.63, 3.8) is 0 Å². The van der Waals surface area contributed by atoms with Crippen molar-refractivity contribution >= 4 is 5.69 Å². The Kier molecular flexibility index (Phi) is 17.0. The van der Waals surface area contributed by atoms with Gasteiger partial charge in [-0.2, -0.15) is 0 Å². The first-order valence-corrected chi connectivity index (χ1v) is 22.3. The molecule has 0 saturated heterocycles. The SMILES string of the molecule is C1CCC1.CC(C)c1cccc(C(C)C)c1N.Oc1c(-n2c(-c3ccccc3)ccc2-c2ccccc2)cccc1-n1c(-c2ccccc2)ccc1-c1ccccc1.[W].c1cc[nH]c1. The molecule has 0 amide bonds. The third-order valence-corrected chi connectivity index (χ3v) is 11.4. The van der Waals surface area contributed by atoms with E-state index in [4.69, 9.17) is 5.73 Å². The average Bonchev–Trinajstić information content (AvgIpc) is 4.11. The third kappa shape index (κ3) is 11.3. The number of benzene rings is 6. The van der Waals surface area contributed by atoms with E-state index >= 15 is 0 Å². The third-order valence-electron chi connectivity index (χ3n) is 11.4. The summed E-state index contributed by atoms with van der Waals surface area (Å²) in [5.41, 5.74) is 19.4. The van der Waals surface area contributed by atoms with Gasteiger partial charge >= 0.3 is 0 Å². The van der Waals surface area contributed by atoms with Crippen molar-refractivity contribution in [3.8, 4) is 62.2 Å². The van der Waals surface area contributed by atoms with Crippen LogP contribution in [-0.2, 0) is 21.1 Å². The van der Waals surface area contributed by atoms with Crippen molar-refractivity contribution < 1.29 is 26.2 Å². The minimum absolute atomic E-state index is 0. The van der Waals surface area contributed by atoms with E-state index in [0.29, 0.717) is 11.8 Å². The van der Waals surface area contributed by atoms with Crippen LogP contribution in [0.4, 0.5) is 5.69 Å². The molecule has 1 saturated carbocycles. The van der Waals surface area contributed by atoms with Crippen LogP contribution in [0.15, 0.2) is 207 Å². The molecule has 3 aromatic heterocycles. The summed E-state index contributed by atoms with van der Waals surface area (Å²) in [5.74, 6) is 1.24. The van der Waals surface area contributed by atoms with Gasteiger partial charge in [-0.1, -0.05) is 199 Å². The number of aromatic amines is 1. The maximum atomic E-state index is 12.2. The van der Waals surface area contributed by atoms with E-state index in [1.165, 1.54) is 36.8 Å². The van der Waals surface area contributed by atoms with E-state index in [-0.39, 0.29) is 26.8 Å². The van der Waals surface area contributed by atoms with Crippen LogP contribution in [-0.4, -0.2) is 19.2 Å². The molecule has 4 N–H and O–H groups in total. The quantitative estimate of drug-likeness (QED) is 0.133. The molecule has 6 heteroatoms. The molecule has 64 heavy (non-hydrogen) atoms. The number of nitrogen functional groups attached to an aromatic ring is 1. The van der Waals surface area contributed by atoms with Gasteiger partial charge in [-0.25, -0.2) is 0 Å². The zero-order valence-corrected chi connectivity index (χ0v) is 40.4. The largest absolute Gasteiger partial charge is 0.504 e. The van der Waals surface area contributed by atoms with Crippen molar-refractivity contribution in [2.24, 2.45) is 0 Å². The number of H-pyrrole nitrogens is 1. The number of phenolic OH excluding ortho intramolecular Hbond substituents is 1. The second kappa shape index (κ2) is 23.2. The summed E-state index contributed by atoms with van der Waals surface area (Å²) in [5, 5.41) is 12.2. The Bertz CT molecular complexity index is 2430. The van der Waals surface area contributed by atoms with Gasteiger partial charge in [0, 0.05) is 39.1 Å². The summed E-state index contributed by atoms with van der Waals surface area (Å²) in [6.45, 7) is 8.71. The summed E-state index contributed by atoms with van der Waals surface area (Å²) in [4.78, 5) is 2.86. The van der Waals surface area contributed by atoms with Crippen molar-refractivity contribution in [2.75, 3.05) is 5.73 Å². The van der Waals surface area contributed by atoms with E-state index in [1.54, 1.807) is 0 Å². The van der Waals surface area contributed by atoms with Gasteiger partial charge in [-0.05, 0) is 93.7 Å². The van der Waals surface area contributed by atoms with Crippen LogP contribution in [0.2, 0.25) is 0 Å². The Labute approximate surface area is 394 Å². The number of aromatic hydroxyl groups is 1. The summed E-state index contributed by atoms with van der Waals surface area (Å²) < 4.78 is 4.33. The van der Waals surface area contributed by atoms with Crippen LogP contribution in [0.3, 0.4) is 0 Å². The second-order valence-corrected chi connectivity index (χ2v) is 16.4. The molecule has 0 radical (unpaired) electrons. The molecule has 5 nitrogen and oxygen atoms in total. The number of anilines is 1. The van der Waals surface area contributed by atoms with Crippen molar-refractivity contribution in [2.45, 2.75) is 65.2 Å². The number of phenols is 1. The fraction of sp³-hybridized carbons (Fsp3) is 0.172. The van der Waals surface area contributed by atoms with Gasteiger partial charge in [0.1, 0.15) is 0 Å². The minimum Gasteiger partial charge on any atom is -0.504 e. The van der Waals surface area contributed by atoms with E-state index < -0.39 is 0 Å². The van der Waals surface area contributed by atoms with Crippen LogP contribution in [0.25, 0.3) is 56.4 Å². The maximum Gasteiger partial charge on any atom is 0.163 e. The molecule has 0 aliphatic heterocycles. The van der Waals surface area contributed by atoms with Crippen molar-refractivity contribution in [1.82, 2.24) is 14.1 Å².